The van der Waals surface area contributed by atoms with Gasteiger partial charge in [0.2, 0.25) is 0 Å². The molecule has 6 heteroatoms. The molecule has 0 aliphatic carbocycles. The maximum atomic E-state index is 11.5. The summed E-state index contributed by atoms with van der Waals surface area (Å²) in [5.74, 6) is 8.21. The number of ether oxygens (including phenoxy) is 2. The van der Waals surface area contributed by atoms with Crippen LogP contribution in [0, 0.1) is 12.8 Å². The van der Waals surface area contributed by atoms with E-state index >= 15 is 0 Å². The van der Waals surface area contributed by atoms with Gasteiger partial charge in [0.05, 0.1) is 13.7 Å². The molecule has 1 heterocycles. The smallest absolute Gasteiger partial charge is 0.161 e. The first-order valence-corrected chi connectivity index (χ1v) is 11.0. The first-order chi connectivity index (χ1) is 15.0. The summed E-state index contributed by atoms with van der Waals surface area (Å²) in [6.45, 7) is 7.44. The topological polar surface area (TPSA) is 74.0 Å². The Balaban J connectivity index is 1.40. The maximum Gasteiger partial charge on any atom is 0.161 e. The van der Waals surface area contributed by atoms with Crippen LogP contribution in [0.4, 0.5) is 0 Å². The van der Waals surface area contributed by atoms with Crippen molar-refractivity contribution in [2.24, 2.45) is 11.8 Å². The number of methoxy groups -OCH3 is 1. The monoisotopic (exact) mass is 426 g/mol. The molecule has 1 aliphatic heterocycles. The van der Waals surface area contributed by atoms with Crippen molar-refractivity contribution in [1.82, 2.24) is 4.90 Å². The Morgan fingerprint density at radius 1 is 1.10 bits per heavy atom. The third-order valence-electron chi connectivity index (χ3n) is 6.01. The normalized spacial score (nSPS) is 15.0. The number of carbonyl (C=O) groups is 1. The van der Waals surface area contributed by atoms with Crippen LogP contribution >= 0.6 is 0 Å². The lowest BCUT2D eigenvalue weighted by molar-refractivity contribution is 0.101. The zero-order valence-corrected chi connectivity index (χ0v) is 18.9. The van der Waals surface area contributed by atoms with Gasteiger partial charge in [-0.3, -0.25) is 4.79 Å². The molecule has 31 heavy (non-hydrogen) atoms. The van der Waals surface area contributed by atoms with E-state index in [1.165, 1.54) is 18.4 Å². The summed E-state index contributed by atoms with van der Waals surface area (Å²) in [6, 6.07) is 11.6. The number of hydrogen-bond donors (Lipinski definition) is 1. The molecular weight excluding hydrogens is 392 g/mol. The molecule has 1 fully saturated rings. The van der Waals surface area contributed by atoms with Crippen molar-refractivity contribution < 1.29 is 19.1 Å². The second-order valence-corrected chi connectivity index (χ2v) is 8.34. The van der Waals surface area contributed by atoms with Crippen molar-refractivity contribution in [3.05, 3.63) is 53.1 Å². The van der Waals surface area contributed by atoms with Crippen LogP contribution in [0.25, 0.3) is 0 Å². The molecule has 168 valence electrons. The molecule has 0 aromatic heterocycles. The fourth-order valence-corrected chi connectivity index (χ4v) is 4.14. The number of rotatable bonds is 10. The summed E-state index contributed by atoms with van der Waals surface area (Å²) in [5, 5.41) is 0. The summed E-state index contributed by atoms with van der Waals surface area (Å²) in [5.41, 5.74) is 2.99. The van der Waals surface area contributed by atoms with E-state index in [1.54, 1.807) is 26.2 Å². The average Bonchev–Trinajstić information content (AvgIpc) is 2.78. The highest BCUT2D eigenvalue weighted by Gasteiger charge is 2.20. The lowest BCUT2D eigenvalue weighted by Crippen LogP contribution is -2.35. The Morgan fingerprint density at radius 2 is 1.87 bits per heavy atom. The van der Waals surface area contributed by atoms with E-state index in [2.05, 4.69) is 17.0 Å². The lowest BCUT2D eigenvalue weighted by Gasteiger charge is -2.32. The van der Waals surface area contributed by atoms with Crippen molar-refractivity contribution in [3.63, 3.8) is 0 Å². The van der Waals surface area contributed by atoms with Gasteiger partial charge < -0.3 is 19.2 Å². The van der Waals surface area contributed by atoms with Crippen LogP contribution in [0.1, 0.15) is 47.7 Å². The zero-order valence-electron chi connectivity index (χ0n) is 18.9. The van der Waals surface area contributed by atoms with Gasteiger partial charge in [-0.1, -0.05) is 12.1 Å². The third-order valence-corrected chi connectivity index (χ3v) is 6.01. The minimum Gasteiger partial charge on any atom is -0.493 e. The summed E-state index contributed by atoms with van der Waals surface area (Å²) in [7, 11) is 1.59. The molecule has 2 N–H and O–H groups in total. The molecule has 6 nitrogen and oxygen atoms in total. The van der Waals surface area contributed by atoms with Gasteiger partial charge >= 0.3 is 0 Å². The van der Waals surface area contributed by atoms with Crippen LogP contribution < -0.4 is 20.2 Å². The second-order valence-electron chi connectivity index (χ2n) is 8.34. The van der Waals surface area contributed by atoms with Crippen LogP contribution in [0.3, 0.4) is 0 Å². The first kappa shape index (κ1) is 23.1. The number of ketones is 1. The van der Waals surface area contributed by atoms with E-state index in [4.69, 9.17) is 20.2 Å². The highest BCUT2D eigenvalue weighted by molar-refractivity contribution is 5.94. The number of hydrogen-bond acceptors (Lipinski definition) is 6. The SMILES string of the molecule is COc1cc(C(C)=O)ccc1OCCCN1CCC(Cc2ccc(C)cc2ON)CC1. The number of benzene rings is 2. The minimum atomic E-state index is 0.0161. The predicted octanol–water partition coefficient (Wildman–Crippen LogP) is 4.18. The van der Waals surface area contributed by atoms with Crippen molar-refractivity contribution in [3.8, 4) is 17.2 Å². The minimum absolute atomic E-state index is 0.0161. The molecule has 2 aromatic rings. The Morgan fingerprint density at radius 3 is 2.55 bits per heavy atom. The van der Waals surface area contributed by atoms with Crippen molar-refractivity contribution in [1.29, 1.82) is 0 Å². The van der Waals surface area contributed by atoms with Crippen molar-refractivity contribution in [2.45, 2.75) is 39.5 Å². The van der Waals surface area contributed by atoms with E-state index < -0.39 is 0 Å². The number of Topliss-reactive ketones (excluding diaryl/α,β-unsaturated/α-hetero) is 1. The van der Waals surface area contributed by atoms with Gasteiger partial charge in [0.25, 0.3) is 0 Å². The molecule has 0 atom stereocenters. The Kier molecular flexibility index (Phi) is 8.32. The summed E-state index contributed by atoms with van der Waals surface area (Å²) in [6.07, 6.45) is 4.32. The molecule has 0 amide bonds. The van der Waals surface area contributed by atoms with Gasteiger partial charge in [0, 0.05) is 12.1 Å². The number of nitrogens with two attached hydrogens (primary N) is 1. The number of carbonyl (C=O) groups excluding carboxylic acids is 1. The molecule has 2 aromatic carbocycles. The fraction of sp³-hybridized carbons (Fsp3) is 0.480. The highest BCUT2D eigenvalue weighted by Crippen LogP contribution is 2.29. The van der Waals surface area contributed by atoms with Gasteiger partial charge in [-0.25, -0.2) is 0 Å². The summed E-state index contributed by atoms with van der Waals surface area (Å²) in [4.78, 5) is 19.1. The predicted molar refractivity (Wildman–Crippen MR) is 122 cm³/mol. The van der Waals surface area contributed by atoms with E-state index in [0.29, 0.717) is 29.6 Å². The van der Waals surface area contributed by atoms with E-state index in [1.807, 2.05) is 19.1 Å². The molecule has 0 radical (unpaired) electrons. The van der Waals surface area contributed by atoms with Crippen LogP contribution in [0.2, 0.25) is 0 Å². The van der Waals surface area contributed by atoms with Crippen LogP contribution in [0.5, 0.6) is 17.2 Å². The summed E-state index contributed by atoms with van der Waals surface area (Å²) < 4.78 is 11.3. The number of aryl methyl sites for hydroxylation is 1. The van der Waals surface area contributed by atoms with Crippen LogP contribution in [-0.2, 0) is 6.42 Å². The molecule has 3 rings (SSSR count). The Hall–Kier alpha value is -2.57. The van der Waals surface area contributed by atoms with Gasteiger partial charge in [-0.2, -0.15) is 5.90 Å². The second kappa shape index (κ2) is 11.2. The van der Waals surface area contributed by atoms with E-state index in [0.717, 1.165) is 43.8 Å². The van der Waals surface area contributed by atoms with Gasteiger partial charge in [0.1, 0.15) is 5.75 Å². The van der Waals surface area contributed by atoms with E-state index in [-0.39, 0.29) is 5.78 Å². The zero-order chi connectivity index (χ0) is 22.2. The molecule has 0 spiro atoms. The van der Waals surface area contributed by atoms with Crippen molar-refractivity contribution >= 4 is 5.78 Å². The molecule has 0 unspecified atom stereocenters. The molecule has 1 aliphatic rings. The standard InChI is InChI=1S/C25H34N2O4/c1-18-5-6-22(24(15-18)31-26)16-20-9-12-27(13-10-20)11-4-14-30-23-8-7-21(19(2)28)17-25(23)29-3/h5-8,15,17,20H,4,9-14,16,26H2,1-3H3. The molecular formula is C25H34N2O4. The Labute approximate surface area is 185 Å². The van der Waals surface area contributed by atoms with Gasteiger partial charge in [0.15, 0.2) is 17.3 Å². The number of piperidine rings is 1. The van der Waals surface area contributed by atoms with Gasteiger partial charge in [-0.05, 0) is 93.9 Å². The first-order valence-electron chi connectivity index (χ1n) is 11.0. The fourth-order valence-electron chi connectivity index (χ4n) is 4.14. The highest BCUT2D eigenvalue weighted by atomic mass is 16.6. The van der Waals surface area contributed by atoms with Crippen molar-refractivity contribution in [2.75, 3.05) is 33.4 Å². The third kappa shape index (κ3) is 6.45. The number of likely N-dealkylation sites (tertiary alicyclic amines) is 1. The average molecular weight is 427 g/mol. The van der Waals surface area contributed by atoms with Crippen LogP contribution in [0.15, 0.2) is 36.4 Å². The largest absolute Gasteiger partial charge is 0.493 e. The molecule has 0 bridgehead atoms. The Bertz CT molecular complexity index is 876. The lowest BCUT2D eigenvalue weighted by atomic mass is 9.89. The molecule has 1 saturated heterocycles. The molecule has 0 saturated carbocycles. The van der Waals surface area contributed by atoms with Gasteiger partial charge in [-0.15, -0.1) is 0 Å². The quantitative estimate of drug-likeness (QED) is 0.349. The summed E-state index contributed by atoms with van der Waals surface area (Å²) >= 11 is 0. The number of nitrogens with zero attached hydrogens (tertiary/aromatic N) is 1. The van der Waals surface area contributed by atoms with Crippen LogP contribution in [-0.4, -0.2) is 44.0 Å². The van der Waals surface area contributed by atoms with E-state index in [9.17, 15) is 4.79 Å². The maximum absolute atomic E-state index is 11.5.